The average molecular weight is 526 g/mol. The molecule has 0 aliphatic heterocycles. The Morgan fingerprint density at radius 1 is 0.865 bits per heavy atom. The number of nitrogens with zero attached hydrogens (tertiary/aromatic N) is 1. The lowest BCUT2D eigenvalue weighted by molar-refractivity contribution is -0.158. The number of ketones is 1. The zero-order valence-corrected chi connectivity index (χ0v) is 25.1. The summed E-state index contributed by atoms with van der Waals surface area (Å²) in [6, 6.07) is 20.6. The Morgan fingerprint density at radius 3 is 1.76 bits per heavy atom. The molecule has 0 N–H and O–H groups in total. The minimum absolute atomic E-state index is 0.00867. The molecule has 0 aliphatic rings. The molecule has 0 amide bonds. The molecule has 0 saturated heterocycles. The summed E-state index contributed by atoms with van der Waals surface area (Å²) in [5, 5.41) is 0.0622. The molecule has 0 spiro atoms. The Kier molecular flexibility index (Phi) is 11.7. The maximum Gasteiger partial charge on any atom is 0.306 e. The van der Waals surface area contributed by atoms with Crippen LogP contribution in [0.25, 0.3) is 0 Å². The molecule has 0 unspecified atom stereocenters. The van der Waals surface area contributed by atoms with Gasteiger partial charge in [0.15, 0.2) is 8.32 Å². The number of esters is 1. The minimum atomic E-state index is -2.06. The van der Waals surface area contributed by atoms with Crippen LogP contribution in [0.3, 0.4) is 0 Å². The quantitative estimate of drug-likeness (QED) is 0.196. The van der Waals surface area contributed by atoms with E-state index in [2.05, 4.69) is 101 Å². The first kappa shape index (κ1) is 30.9. The van der Waals surface area contributed by atoms with Crippen molar-refractivity contribution >= 4 is 20.1 Å². The van der Waals surface area contributed by atoms with Crippen LogP contribution in [0, 0.1) is 5.92 Å². The van der Waals surface area contributed by atoms with Gasteiger partial charge >= 0.3 is 5.97 Å². The van der Waals surface area contributed by atoms with Gasteiger partial charge in [0, 0.05) is 19.5 Å². The van der Waals surface area contributed by atoms with Crippen LogP contribution in [-0.2, 0) is 31.8 Å². The second kappa shape index (κ2) is 14.0. The third kappa shape index (κ3) is 10.2. The number of benzene rings is 2. The smallest absolute Gasteiger partial charge is 0.306 e. The zero-order chi connectivity index (χ0) is 27.6. The van der Waals surface area contributed by atoms with Crippen molar-refractivity contribution in [3.63, 3.8) is 0 Å². The minimum Gasteiger partial charge on any atom is -0.460 e. The molecule has 0 aliphatic carbocycles. The Bertz CT molecular complexity index is 928. The molecule has 0 bridgehead atoms. The largest absolute Gasteiger partial charge is 0.460 e. The fourth-order valence-corrected chi connectivity index (χ4v) is 5.01. The highest BCUT2D eigenvalue weighted by Gasteiger charge is 2.40. The van der Waals surface area contributed by atoms with Crippen LogP contribution in [0.1, 0.15) is 65.5 Å². The van der Waals surface area contributed by atoms with Gasteiger partial charge in [0.1, 0.15) is 11.9 Å². The lowest BCUT2D eigenvalue weighted by Crippen LogP contribution is -2.53. The first-order valence-electron chi connectivity index (χ1n) is 13.4. The highest BCUT2D eigenvalue weighted by Crippen LogP contribution is 2.37. The third-order valence-electron chi connectivity index (χ3n) is 7.33. The molecule has 2 aromatic carbocycles. The maximum atomic E-state index is 12.8. The van der Waals surface area contributed by atoms with E-state index < -0.39 is 8.32 Å². The predicted molar refractivity (Wildman–Crippen MR) is 154 cm³/mol. The standard InChI is InChI=1S/C31H47NO4Si/c1-24(2)30(36-29(34)20-19-25(3)33)28(23-35-37(7,8)31(4,5)6)32(21-26-15-11-9-12-16-26)22-27-17-13-10-14-18-27/h9-18,24,28,30H,19-23H2,1-8H3/t28-,30+/m1/s1. The molecule has 2 rings (SSSR count). The molecular weight excluding hydrogens is 478 g/mol. The van der Waals surface area contributed by atoms with Crippen molar-refractivity contribution in [1.29, 1.82) is 0 Å². The molecule has 0 saturated carbocycles. The summed E-state index contributed by atoms with van der Waals surface area (Å²) < 4.78 is 12.9. The van der Waals surface area contributed by atoms with Crippen LogP contribution in [0.5, 0.6) is 0 Å². The van der Waals surface area contributed by atoms with Crippen molar-refractivity contribution < 1.29 is 18.8 Å². The maximum absolute atomic E-state index is 12.8. The molecule has 5 nitrogen and oxygen atoms in total. The van der Waals surface area contributed by atoms with E-state index in [1.54, 1.807) is 0 Å². The van der Waals surface area contributed by atoms with Gasteiger partial charge in [-0.1, -0.05) is 95.3 Å². The molecule has 2 aromatic rings. The molecule has 2 atom stereocenters. The summed E-state index contributed by atoms with van der Waals surface area (Å²) in [7, 11) is -2.06. The van der Waals surface area contributed by atoms with Crippen molar-refractivity contribution in [1.82, 2.24) is 4.90 Å². The lowest BCUT2D eigenvalue weighted by atomic mass is 9.97. The Morgan fingerprint density at radius 2 is 1.35 bits per heavy atom. The SMILES string of the molecule is CC(=O)CCC(=O)O[C@@H](C(C)C)[C@@H](CO[Si](C)(C)C(C)(C)C)N(Cc1ccccc1)Cc1ccccc1. The van der Waals surface area contributed by atoms with Gasteiger partial charge in [-0.2, -0.15) is 0 Å². The summed E-state index contributed by atoms with van der Waals surface area (Å²) >= 11 is 0. The topological polar surface area (TPSA) is 55.8 Å². The van der Waals surface area contributed by atoms with Gasteiger partial charge in [-0.15, -0.1) is 0 Å². The fourth-order valence-electron chi connectivity index (χ4n) is 3.99. The second-order valence-corrected chi connectivity index (χ2v) is 16.7. The number of Topliss-reactive ketones (excluding diaryl/α,β-unsaturated/α-hetero) is 1. The average Bonchev–Trinajstić information content (AvgIpc) is 2.82. The van der Waals surface area contributed by atoms with Gasteiger partial charge in [0.05, 0.1) is 19.1 Å². The van der Waals surface area contributed by atoms with E-state index in [-0.39, 0.29) is 47.7 Å². The zero-order valence-electron chi connectivity index (χ0n) is 24.1. The number of carbonyl (C=O) groups is 2. The highest BCUT2D eigenvalue weighted by molar-refractivity contribution is 6.74. The Hall–Kier alpha value is -2.28. The number of hydrogen-bond donors (Lipinski definition) is 0. The van der Waals surface area contributed by atoms with E-state index in [0.29, 0.717) is 19.7 Å². The van der Waals surface area contributed by atoms with Crippen molar-refractivity contribution in [3.05, 3.63) is 71.8 Å². The van der Waals surface area contributed by atoms with Crippen molar-refractivity contribution in [2.24, 2.45) is 5.92 Å². The van der Waals surface area contributed by atoms with E-state index in [9.17, 15) is 9.59 Å². The van der Waals surface area contributed by atoms with Crippen molar-refractivity contribution in [2.45, 2.75) is 97.8 Å². The predicted octanol–water partition coefficient (Wildman–Crippen LogP) is 7.02. The second-order valence-electron chi connectivity index (χ2n) is 11.9. The molecule has 204 valence electrons. The van der Waals surface area contributed by atoms with E-state index in [1.165, 1.54) is 18.1 Å². The number of rotatable bonds is 14. The van der Waals surface area contributed by atoms with Crippen LogP contribution < -0.4 is 0 Å². The normalized spacial score (nSPS) is 14.0. The van der Waals surface area contributed by atoms with Crippen LogP contribution in [-0.4, -0.2) is 43.7 Å². The summed E-state index contributed by atoms with van der Waals surface area (Å²) in [5.74, 6) is -0.264. The number of carbonyl (C=O) groups excluding carboxylic acids is 2. The van der Waals surface area contributed by atoms with Crippen LogP contribution in [0.4, 0.5) is 0 Å². The number of hydrogen-bond acceptors (Lipinski definition) is 5. The fraction of sp³-hybridized carbons (Fsp3) is 0.548. The number of ether oxygens (including phenoxy) is 1. The summed E-state index contributed by atoms with van der Waals surface area (Å²) in [5.41, 5.74) is 2.39. The first-order valence-corrected chi connectivity index (χ1v) is 16.4. The van der Waals surface area contributed by atoms with E-state index >= 15 is 0 Å². The lowest BCUT2D eigenvalue weighted by Gasteiger charge is -2.42. The summed E-state index contributed by atoms with van der Waals surface area (Å²) in [6.07, 6.45) is -0.0743. The third-order valence-corrected chi connectivity index (χ3v) is 11.8. The van der Waals surface area contributed by atoms with Crippen LogP contribution >= 0.6 is 0 Å². The first-order chi connectivity index (χ1) is 17.3. The molecular formula is C31H47NO4Si. The molecule has 0 radical (unpaired) electrons. The van der Waals surface area contributed by atoms with Crippen molar-refractivity contribution in [3.8, 4) is 0 Å². The molecule has 37 heavy (non-hydrogen) atoms. The van der Waals surface area contributed by atoms with E-state index in [0.717, 1.165) is 0 Å². The molecule has 0 fully saturated rings. The van der Waals surface area contributed by atoms with Crippen molar-refractivity contribution in [2.75, 3.05) is 6.61 Å². The van der Waals surface area contributed by atoms with Gasteiger partial charge in [-0.3, -0.25) is 9.69 Å². The highest BCUT2D eigenvalue weighted by atomic mass is 28.4. The van der Waals surface area contributed by atoms with E-state index in [1.807, 2.05) is 12.1 Å². The Balaban J connectivity index is 2.46. The van der Waals surface area contributed by atoms with E-state index in [4.69, 9.17) is 9.16 Å². The molecule has 0 aromatic heterocycles. The Labute approximate surface area is 225 Å². The van der Waals surface area contributed by atoms with Gasteiger partial charge < -0.3 is 14.0 Å². The van der Waals surface area contributed by atoms with Crippen LogP contribution in [0.2, 0.25) is 18.1 Å². The van der Waals surface area contributed by atoms with Gasteiger partial charge in [-0.05, 0) is 42.1 Å². The van der Waals surface area contributed by atoms with Crippen LogP contribution in [0.15, 0.2) is 60.7 Å². The van der Waals surface area contributed by atoms with Gasteiger partial charge in [0.2, 0.25) is 0 Å². The molecule has 6 heteroatoms. The van der Waals surface area contributed by atoms with Gasteiger partial charge in [0.25, 0.3) is 0 Å². The summed E-state index contributed by atoms with van der Waals surface area (Å²) in [4.78, 5) is 26.7. The monoisotopic (exact) mass is 525 g/mol. The molecule has 0 heterocycles. The summed E-state index contributed by atoms with van der Waals surface area (Å²) in [6.45, 7) is 18.8. The van der Waals surface area contributed by atoms with Gasteiger partial charge in [-0.25, -0.2) is 0 Å².